The van der Waals surface area contributed by atoms with Crippen molar-refractivity contribution in [3.63, 3.8) is 0 Å². The lowest BCUT2D eigenvalue weighted by Gasteiger charge is -2.18. The van der Waals surface area contributed by atoms with Gasteiger partial charge in [0.2, 0.25) is 5.91 Å². The molecular weight excluding hydrogens is 376 g/mol. The topological polar surface area (TPSA) is 99.6 Å². The highest BCUT2D eigenvalue weighted by atomic mass is 32.1. The summed E-state index contributed by atoms with van der Waals surface area (Å²) in [5.74, 6) is -0.0376. The number of rotatable bonds is 3. The third kappa shape index (κ3) is 3.09. The molecule has 0 fully saturated rings. The number of benzene rings is 2. The second-order valence-electron chi connectivity index (χ2n) is 6.76. The maximum absolute atomic E-state index is 12.7. The maximum atomic E-state index is 12.7. The number of hydrazone groups is 1. The number of anilines is 1. The van der Waals surface area contributed by atoms with Gasteiger partial charge < -0.3 is 10.6 Å². The van der Waals surface area contributed by atoms with Crippen LogP contribution in [0, 0.1) is 0 Å². The van der Waals surface area contributed by atoms with Gasteiger partial charge in [-0.1, -0.05) is 12.1 Å². The molecule has 0 radical (unpaired) electrons. The molecule has 2 aliphatic heterocycles. The van der Waals surface area contributed by atoms with Crippen LogP contribution in [0.2, 0.25) is 0 Å². The van der Waals surface area contributed by atoms with Gasteiger partial charge in [0.1, 0.15) is 11.0 Å². The summed E-state index contributed by atoms with van der Waals surface area (Å²) in [5, 5.41) is 11.6. The first-order valence-corrected chi connectivity index (χ1v) is 9.66. The summed E-state index contributed by atoms with van der Waals surface area (Å²) in [6, 6.07) is 11.3. The number of hydrogen-bond donors (Lipinski definition) is 2. The number of fused-ring (bicyclic) bond motifs is 2. The predicted octanol–water partition coefficient (Wildman–Crippen LogP) is 2.51. The fourth-order valence-corrected chi connectivity index (χ4v) is 3.94. The highest BCUT2D eigenvalue weighted by Gasteiger charge is 2.23. The molecule has 3 amide bonds. The molecule has 0 bridgehead atoms. The molecule has 9 heteroatoms. The largest absolute Gasteiger partial charge is 0.334 e. The van der Waals surface area contributed by atoms with E-state index in [1.54, 1.807) is 0 Å². The minimum absolute atomic E-state index is 0.0376. The van der Waals surface area contributed by atoms with Gasteiger partial charge in [0, 0.05) is 18.7 Å². The molecule has 3 aromatic rings. The van der Waals surface area contributed by atoms with Crippen molar-refractivity contribution in [2.75, 3.05) is 11.9 Å². The fraction of sp³-hybridized carbons (Fsp3) is 0.211. The van der Waals surface area contributed by atoms with Crippen molar-refractivity contribution in [3.8, 4) is 0 Å². The number of nitrogens with one attached hydrogen (secondary N) is 2. The number of aromatic nitrogens is 2. The molecule has 8 nitrogen and oxygen atoms in total. The van der Waals surface area contributed by atoms with Gasteiger partial charge in [0.15, 0.2) is 0 Å². The zero-order valence-electron chi connectivity index (χ0n) is 14.8. The maximum Gasteiger partial charge on any atom is 0.319 e. The van der Waals surface area contributed by atoms with E-state index in [9.17, 15) is 9.59 Å². The Kier molecular flexibility index (Phi) is 4.01. The van der Waals surface area contributed by atoms with E-state index < -0.39 is 0 Å². The van der Waals surface area contributed by atoms with Crippen LogP contribution >= 0.6 is 11.7 Å². The zero-order chi connectivity index (χ0) is 19.1. The van der Waals surface area contributed by atoms with Crippen LogP contribution in [0.1, 0.15) is 23.1 Å². The zero-order valence-corrected chi connectivity index (χ0v) is 15.6. The molecule has 0 spiro atoms. The first-order valence-electron chi connectivity index (χ1n) is 8.93. The van der Waals surface area contributed by atoms with Gasteiger partial charge in [-0.3, -0.25) is 4.79 Å². The van der Waals surface area contributed by atoms with E-state index in [0.29, 0.717) is 19.5 Å². The van der Waals surface area contributed by atoms with Gasteiger partial charge in [-0.25, -0.2) is 9.80 Å². The van der Waals surface area contributed by atoms with Crippen molar-refractivity contribution in [1.82, 2.24) is 19.1 Å². The van der Waals surface area contributed by atoms with Crippen LogP contribution in [0.3, 0.4) is 0 Å². The molecular formula is C19H16N6O2S. The van der Waals surface area contributed by atoms with Crippen LogP contribution in [0.4, 0.5) is 10.5 Å². The smallest absolute Gasteiger partial charge is 0.319 e. The quantitative estimate of drug-likeness (QED) is 0.715. The molecule has 0 saturated heterocycles. The molecule has 0 aliphatic carbocycles. The van der Waals surface area contributed by atoms with Gasteiger partial charge >= 0.3 is 6.03 Å². The van der Waals surface area contributed by atoms with Crippen LogP contribution in [0.15, 0.2) is 41.5 Å². The van der Waals surface area contributed by atoms with Crippen molar-refractivity contribution in [2.45, 2.75) is 19.4 Å². The van der Waals surface area contributed by atoms with E-state index in [0.717, 1.165) is 39.1 Å². The average molecular weight is 392 g/mol. The van der Waals surface area contributed by atoms with Crippen LogP contribution in [0.5, 0.6) is 0 Å². The lowest BCUT2D eigenvalue weighted by Crippen LogP contribution is -2.33. The molecule has 5 rings (SSSR count). The van der Waals surface area contributed by atoms with Gasteiger partial charge in [0.05, 0.1) is 30.4 Å². The van der Waals surface area contributed by atoms with Crippen LogP contribution in [-0.2, 0) is 17.8 Å². The fourth-order valence-electron chi connectivity index (χ4n) is 3.43. The molecule has 0 atom stereocenters. The molecule has 0 saturated carbocycles. The summed E-state index contributed by atoms with van der Waals surface area (Å²) in [6.07, 6.45) is 0.990. The van der Waals surface area contributed by atoms with Crippen molar-refractivity contribution in [3.05, 3.63) is 53.1 Å². The summed E-state index contributed by atoms with van der Waals surface area (Å²) >= 11 is 1.17. The second-order valence-corrected chi connectivity index (χ2v) is 7.29. The van der Waals surface area contributed by atoms with Gasteiger partial charge in [-0.2, -0.15) is 13.8 Å². The highest BCUT2D eigenvalue weighted by Crippen LogP contribution is 2.23. The predicted molar refractivity (Wildman–Crippen MR) is 106 cm³/mol. The SMILES string of the molecule is O=C1NCc2cc(C3=NN(C(=O)Cc4ccc5nsnc5c4)CC3)ccc2N1. The van der Waals surface area contributed by atoms with Crippen molar-refractivity contribution in [2.24, 2.45) is 5.10 Å². The third-order valence-electron chi connectivity index (χ3n) is 4.89. The van der Waals surface area contributed by atoms with Crippen LogP contribution in [0.25, 0.3) is 11.0 Å². The van der Waals surface area contributed by atoms with Gasteiger partial charge in [0.25, 0.3) is 0 Å². The summed E-state index contributed by atoms with van der Waals surface area (Å²) in [4.78, 5) is 24.1. The summed E-state index contributed by atoms with van der Waals surface area (Å²) in [5.41, 5.74) is 6.25. The Morgan fingerprint density at radius 1 is 1.14 bits per heavy atom. The third-order valence-corrected chi connectivity index (χ3v) is 5.45. The number of hydrogen-bond acceptors (Lipinski definition) is 6. The Balaban J connectivity index is 1.32. The standard InChI is InChI=1S/C19H16N6O2S/c26-18(8-11-1-3-16-17(7-11)24-28-23-16)25-6-5-15(22-25)12-2-4-14-13(9-12)10-20-19(27)21-14/h1-4,7,9H,5-6,8,10H2,(H2,20,21,27). The lowest BCUT2D eigenvalue weighted by atomic mass is 10.0. The number of carbonyl (C=O) groups excluding carboxylic acids is 2. The Morgan fingerprint density at radius 2 is 2.04 bits per heavy atom. The molecule has 2 aromatic carbocycles. The van der Waals surface area contributed by atoms with Crippen molar-refractivity contribution in [1.29, 1.82) is 0 Å². The van der Waals surface area contributed by atoms with E-state index >= 15 is 0 Å². The molecule has 0 unspecified atom stereocenters. The number of amides is 3. The van der Waals surface area contributed by atoms with E-state index in [4.69, 9.17) is 0 Å². The lowest BCUT2D eigenvalue weighted by molar-refractivity contribution is -0.130. The monoisotopic (exact) mass is 392 g/mol. The van der Waals surface area contributed by atoms with E-state index in [-0.39, 0.29) is 18.4 Å². The number of carbonyl (C=O) groups is 2. The van der Waals surface area contributed by atoms with E-state index in [1.165, 1.54) is 16.7 Å². The average Bonchev–Trinajstić information content (AvgIpc) is 3.37. The van der Waals surface area contributed by atoms with Crippen LogP contribution < -0.4 is 10.6 Å². The molecule has 3 heterocycles. The Morgan fingerprint density at radius 3 is 2.96 bits per heavy atom. The van der Waals surface area contributed by atoms with Crippen LogP contribution in [-0.4, -0.2) is 38.0 Å². The summed E-state index contributed by atoms with van der Waals surface area (Å²) < 4.78 is 8.40. The molecule has 2 N–H and O–H groups in total. The summed E-state index contributed by atoms with van der Waals surface area (Å²) in [7, 11) is 0. The first kappa shape index (κ1) is 16.8. The normalized spacial score (nSPS) is 15.8. The Labute approximate surface area is 164 Å². The molecule has 140 valence electrons. The van der Waals surface area contributed by atoms with Crippen molar-refractivity contribution < 1.29 is 9.59 Å². The second kappa shape index (κ2) is 6.68. The van der Waals surface area contributed by atoms with E-state index in [1.807, 2.05) is 36.4 Å². The summed E-state index contributed by atoms with van der Waals surface area (Å²) in [6.45, 7) is 1.06. The van der Waals surface area contributed by atoms with Gasteiger partial charge in [-0.15, -0.1) is 0 Å². The minimum atomic E-state index is -0.193. The van der Waals surface area contributed by atoms with E-state index in [2.05, 4.69) is 24.5 Å². The highest BCUT2D eigenvalue weighted by molar-refractivity contribution is 7.00. The van der Waals surface area contributed by atoms with Crippen molar-refractivity contribution >= 4 is 46.1 Å². The Hall–Kier alpha value is -3.33. The molecule has 2 aliphatic rings. The molecule has 1 aromatic heterocycles. The number of nitrogens with zero attached hydrogens (tertiary/aromatic N) is 4. The van der Waals surface area contributed by atoms with Gasteiger partial charge in [-0.05, 0) is 41.0 Å². The minimum Gasteiger partial charge on any atom is -0.334 e. The Bertz CT molecular complexity index is 1140. The number of urea groups is 1. The first-order chi connectivity index (χ1) is 13.7. The molecule has 28 heavy (non-hydrogen) atoms.